The lowest BCUT2D eigenvalue weighted by Gasteiger charge is -2.09. The SMILES string of the molecule is CNC(C)c1c(C)n[nH]c1C.O=CCOc1cc(C(F)(F)F)nn1-c1ccccc1Cl. The van der Waals surface area contributed by atoms with Gasteiger partial charge < -0.3 is 10.1 Å². The van der Waals surface area contributed by atoms with Gasteiger partial charge in [0.25, 0.3) is 0 Å². The molecule has 3 aromatic rings. The molecule has 31 heavy (non-hydrogen) atoms. The lowest BCUT2D eigenvalue weighted by molar-refractivity contribution is -0.141. The van der Waals surface area contributed by atoms with E-state index in [2.05, 4.69) is 27.5 Å². The lowest BCUT2D eigenvalue weighted by atomic mass is 10.1. The molecule has 0 spiro atoms. The molecule has 1 aromatic carbocycles. The zero-order chi connectivity index (χ0) is 23.2. The van der Waals surface area contributed by atoms with E-state index in [1.165, 1.54) is 17.7 Å². The van der Waals surface area contributed by atoms with Gasteiger partial charge in [0.2, 0.25) is 5.88 Å². The van der Waals surface area contributed by atoms with E-state index >= 15 is 0 Å². The molecule has 1 unspecified atom stereocenters. The Balaban J connectivity index is 0.000000262. The first-order chi connectivity index (χ1) is 14.6. The summed E-state index contributed by atoms with van der Waals surface area (Å²) in [4.78, 5) is 10.3. The van der Waals surface area contributed by atoms with Gasteiger partial charge in [-0.2, -0.15) is 28.1 Å². The first-order valence-electron chi connectivity index (χ1n) is 9.27. The van der Waals surface area contributed by atoms with Crippen molar-refractivity contribution in [3.63, 3.8) is 0 Å². The van der Waals surface area contributed by atoms with Crippen molar-refractivity contribution in [2.45, 2.75) is 33.0 Å². The minimum Gasteiger partial charge on any atom is -0.470 e. The Morgan fingerprint density at radius 2 is 2.00 bits per heavy atom. The van der Waals surface area contributed by atoms with Gasteiger partial charge in [-0.05, 0) is 40.0 Å². The maximum Gasteiger partial charge on any atom is 0.435 e. The van der Waals surface area contributed by atoms with E-state index in [1.54, 1.807) is 12.1 Å². The van der Waals surface area contributed by atoms with Crippen LogP contribution in [0.4, 0.5) is 13.2 Å². The predicted octanol–water partition coefficient (Wildman–Crippen LogP) is 4.43. The number of H-pyrrole nitrogens is 1. The first kappa shape index (κ1) is 24.4. The molecule has 1 atom stereocenters. The van der Waals surface area contributed by atoms with Crippen LogP contribution >= 0.6 is 11.6 Å². The number of nitrogens with one attached hydrogen (secondary N) is 2. The van der Waals surface area contributed by atoms with E-state index in [0.29, 0.717) is 18.4 Å². The number of halogens is 4. The van der Waals surface area contributed by atoms with Crippen LogP contribution in [0.3, 0.4) is 0 Å². The molecule has 2 aromatic heterocycles. The molecular formula is C20H23ClF3N5O2. The van der Waals surface area contributed by atoms with E-state index in [-0.39, 0.29) is 23.2 Å². The van der Waals surface area contributed by atoms with Crippen molar-refractivity contribution in [2.24, 2.45) is 0 Å². The van der Waals surface area contributed by atoms with Crippen molar-refractivity contribution in [3.05, 3.63) is 58.0 Å². The van der Waals surface area contributed by atoms with Gasteiger partial charge in [0.05, 0.1) is 16.4 Å². The summed E-state index contributed by atoms with van der Waals surface area (Å²) in [6, 6.07) is 7.32. The number of ether oxygens (including phenoxy) is 1. The number of para-hydroxylation sites is 1. The molecule has 0 saturated heterocycles. The largest absolute Gasteiger partial charge is 0.470 e. The monoisotopic (exact) mass is 457 g/mol. The first-order valence-corrected chi connectivity index (χ1v) is 9.65. The molecule has 0 saturated carbocycles. The standard InChI is InChI=1S/C12H8ClF3N2O2.C8H15N3/c13-8-3-1-2-4-9(8)18-11(20-6-5-19)7-10(17-18)12(14,15)16;1-5(9-4)8-6(2)10-11-7(8)3/h1-5,7H,6H2;5,9H,1-4H3,(H,10,11). The van der Waals surface area contributed by atoms with Crippen molar-refractivity contribution in [2.75, 3.05) is 13.7 Å². The highest BCUT2D eigenvalue weighted by Gasteiger charge is 2.35. The summed E-state index contributed by atoms with van der Waals surface area (Å²) in [5.41, 5.74) is 2.63. The molecule has 3 rings (SSSR count). The fraction of sp³-hybridized carbons (Fsp3) is 0.350. The minimum atomic E-state index is -4.62. The Labute approximate surface area is 182 Å². The number of benzene rings is 1. The lowest BCUT2D eigenvalue weighted by Crippen LogP contribution is -2.13. The number of nitrogens with zero attached hydrogens (tertiary/aromatic N) is 3. The summed E-state index contributed by atoms with van der Waals surface area (Å²) in [6.45, 7) is 5.81. The van der Waals surface area contributed by atoms with Gasteiger partial charge >= 0.3 is 6.18 Å². The summed E-state index contributed by atoms with van der Waals surface area (Å²) in [6.07, 6.45) is -4.19. The van der Waals surface area contributed by atoms with Crippen molar-refractivity contribution in [3.8, 4) is 11.6 Å². The van der Waals surface area contributed by atoms with Crippen LogP contribution in [0.5, 0.6) is 5.88 Å². The highest BCUT2D eigenvalue weighted by atomic mass is 35.5. The number of aromatic nitrogens is 4. The van der Waals surface area contributed by atoms with E-state index in [1.807, 2.05) is 20.9 Å². The van der Waals surface area contributed by atoms with E-state index in [9.17, 15) is 18.0 Å². The second kappa shape index (κ2) is 10.5. The Hall–Kier alpha value is -2.85. The summed E-state index contributed by atoms with van der Waals surface area (Å²) in [5.74, 6) is -0.211. The Bertz CT molecular complexity index is 997. The summed E-state index contributed by atoms with van der Waals surface area (Å²) in [7, 11) is 1.95. The fourth-order valence-electron chi connectivity index (χ4n) is 2.86. The molecule has 2 heterocycles. The maximum absolute atomic E-state index is 12.7. The highest BCUT2D eigenvalue weighted by molar-refractivity contribution is 6.32. The molecule has 0 bridgehead atoms. The summed E-state index contributed by atoms with van der Waals surface area (Å²) >= 11 is 5.92. The second-order valence-corrected chi connectivity index (χ2v) is 6.97. The third-order valence-corrected chi connectivity index (χ3v) is 4.72. The summed E-state index contributed by atoms with van der Waals surface area (Å²) in [5, 5.41) is 13.9. The number of aryl methyl sites for hydroxylation is 2. The third-order valence-electron chi connectivity index (χ3n) is 4.40. The third kappa shape index (κ3) is 6.08. The zero-order valence-electron chi connectivity index (χ0n) is 17.4. The van der Waals surface area contributed by atoms with Crippen LogP contribution in [-0.4, -0.2) is 39.9 Å². The number of alkyl halides is 3. The van der Waals surface area contributed by atoms with Crippen LogP contribution in [0.25, 0.3) is 5.69 Å². The molecule has 0 fully saturated rings. The van der Waals surface area contributed by atoms with Crippen molar-refractivity contribution < 1.29 is 22.7 Å². The molecular weight excluding hydrogens is 435 g/mol. The molecule has 7 nitrogen and oxygen atoms in total. The van der Waals surface area contributed by atoms with Gasteiger partial charge in [0.1, 0.15) is 6.61 Å². The van der Waals surface area contributed by atoms with Gasteiger partial charge in [-0.25, -0.2) is 0 Å². The number of hydrogen-bond donors (Lipinski definition) is 2. The van der Waals surface area contributed by atoms with Crippen LogP contribution in [0, 0.1) is 13.8 Å². The molecule has 0 amide bonds. The van der Waals surface area contributed by atoms with Crippen LogP contribution < -0.4 is 10.1 Å². The summed E-state index contributed by atoms with van der Waals surface area (Å²) < 4.78 is 43.9. The van der Waals surface area contributed by atoms with Crippen LogP contribution in [0.15, 0.2) is 30.3 Å². The topological polar surface area (TPSA) is 84.8 Å². The van der Waals surface area contributed by atoms with E-state index in [4.69, 9.17) is 16.3 Å². The van der Waals surface area contributed by atoms with Crippen LogP contribution in [0.1, 0.15) is 35.6 Å². The maximum atomic E-state index is 12.7. The Morgan fingerprint density at radius 3 is 2.52 bits per heavy atom. The zero-order valence-corrected chi connectivity index (χ0v) is 18.2. The Kier molecular flexibility index (Phi) is 8.23. The van der Waals surface area contributed by atoms with Crippen molar-refractivity contribution >= 4 is 17.9 Å². The molecule has 168 valence electrons. The Morgan fingerprint density at radius 1 is 1.32 bits per heavy atom. The van der Waals surface area contributed by atoms with Gasteiger partial charge in [-0.15, -0.1) is 0 Å². The van der Waals surface area contributed by atoms with E-state index in [0.717, 1.165) is 16.1 Å². The molecule has 0 aliphatic carbocycles. The smallest absolute Gasteiger partial charge is 0.435 e. The average molecular weight is 458 g/mol. The van der Waals surface area contributed by atoms with Crippen molar-refractivity contribution in [1.29, 1.82) is 0 Å². The molecule has 11 heteroatoms. The van der Waals surface area contributed by atoms with Crippen molar-refractivity contribution in [1.82, 2.24) is 25.3 Å². The predicted molar refractivity (Wildman–Crippen MR) is 111 cm³/mol. The van der Waals surface area contributed by atoms with Gasteiger partial charge in [-0.1, -0.05) is 23.7 Å². The molecule has 0 aliphatic heterocycles. The van der Waals surface area contributed by atoms with Gasteiger partial charge in [0, 0.05) is 23.4 Å². The second-order valence-electron chi connectivity index (χ2n) is 6.56. The molecule has 0 radical (unpaired) electrons. The number of rotatable bonds is 6. The number of aldehydes is 1. The number of hydrogen-bond acceptors (Lipinski definition) is 5. The average Bonchev–Trinajstić information content (AvgIpc) is 3.30. The van der Waals surface area contributed by atoms with Crippen LogP contribution in [-0.2, 0) is 11.0 Å². The molecule has 2 N–H and O–H groups in total. The number of aromatic amines is 1. The minimum absolute atomic E-state index is 0.209. The normalized spacial score (nSPS) is 12.1. The molecule has 0 aliphatic rings. The fourth-order valence-corrected chi connectivity index (χ4v) is 3.08. The number of carbonyl (C=O) groups excluding carboxylic acids is 1. The van der Waals surface area contributed by atoms with E-state index < -0.39 is 11.9 Å². The van der Waals surface area contributed by atoms with Gasteiger partial charge in [0.15, 0.2) is 12.0 Å². The van der Waals surface area contributed by atoms with Gasteiger partial charge in [-0.3, -0.25) is 9.89 Å². The van der Waals surface area contributed by atoms with Crippen LogP contribution in [0.2, 0.25) is 5.02 Å². The highest BCUT2D eigenvalue weighted by Crippen LogP contribution is 2.33. The number of carbonyl (C=O) groups is 1. The quantitative estimate of drug-likeness (QED) is 0.535.